The third-order valence-electron chi connectivity index (χ3n) is 3.83. The molecule has 1 aromatic carbocycles. The minimum atomic E-state index is -3.82. The Morgan fingerprint density at radius 2 is 2.04 bits per heavy atom. The van der Waals surface area contributed by atoms with Crippen LogP contribution in [-0.4, -0.2) is 45.8 Å². The molecule has 0 bridgehead atoms. The van der Waals surface area contributed by atoms with Crippen molar-refractivity contribution in [3.8, 4) is 0 Å². The fourth-order valence-corrected chi connectivity index (χ4v) is 3.85. The summed E-state index contributed by atoms with van der Waals surface area (Å²) in [4.78, 5) is 11.1. The number of carbonyl (C=O) groups is 1. The summed E-state index contributed by atoms with van der Waals surface area (Å²) in [5.41, 5.74) is 0.376. The predicted octanol–water partition coefficient (Wildman–Crippen LogP) is 1.66. The van der Waals surface area contributed by atoms with Gasteiger partial charge in [-0.3, -0.25) is 0 Å². The Kier molecular flexibility index (Phi) is 5.97. The van der Waals surface area contributed by atoms with E-state index in [1.54, 1.807) is 0 Å². The van der Waals surface area contributed by atoms with Gasteiger partial charge in [0.05, 0.1) is 17.9 Å². The van der Waals surface area contributed by atoms with Crippen LogP contribution in [0.15, 0.2) is 23.1 Å². The van der Waals surface area contributed by atoms with E-state index < -0.39 is 16.0 Å². The van der Waals surface area contributed by atoms with Crippen LogP contribution in [0.4, 0.5) is 5.69 Å². The molecule has 0 aromatic heterocycles. The largest absolute Gasteiger partial charge is 0.478 e. The van der Waals surface area contributed by atoms with Gasteiger partial charge >= 0.3 is 5.97 Å². The van der Waals surface area contributed by atoms with E-state index >= 15 is 0 Å². The lowest BCUT2D eigenvalue weighted by Gasteiger charge is -2.18. The van der Waals surface area contributed by atoms with E-state index in [0.29, 0.717) is 5.69 Å². The number of hydrogen-bond donors (Lipinski definition) is 3. The Morgan fingerprint density at radius 1 is 1.35 bits per heavy atom. The highest BCUT2D eigenvalue weighted by molar-refractivity contribution is 7.89. The van der Waals surface area contributed by atoms with E-state index in [9.17, 15) is 13.2 Å². The number of aromatic carboxylic acids is 1. The summed E-state index contributed by atoms with van der Waals surface area (Å²) in [6.07, 6.45) is 4.19. The van der Waals surface area contributed by atoms with Gasteiger partial charge < -0.3 is 15.2 Å². The second kappa shape index (κ2) is 7.76. The Balaban J connectivity index is 2.31. The number of benzene rings is 1. The molecule has 0 spiro atoms. The van der Waals surface area contributed by atoms with E-state index in [1.807, 2.05) is 0 Å². The van der Waals surface area contributed by atoms with Crippen molar-refractivity contribution >= 4 is 21.7 Å². The van der Waals surface area contributed by atoms with Gasteiger partial charge in [-0.15, -0.1) is 0 Å². The van der Waals surface area contributed by atoms with Crippen molar-refractivity contribution in [2.24, 2.45) is 0 Å². The lowest BCUT2D eigenvalue weighted by atomic mass is 10.2. The molecule has 0 amide bonds. The fourth-order valence-electron chi connectivity index (χ4n) is 2.64. The predicted molar refractivity (Wildman–Crippen MR) is 86.3 cm³/mol. The quantitative estimate of drug-likeness (QED) is 0.621. The molecule has 3 N–H and O–H groups in total. The first-order chi connectivity index (χ1) is 10.9. The third kappa shape index (κ3) is 4.66. The molecule has 1 saturated carbocycles. The lowest BCUT2D eigenvalue weighted by Crippen LogP contribution is -2.29. The number of rotatable bonds is 8. The number of anilines is 1. The molecule has 1 aromatic rings. The van der Waals surface area contributed by atoms with Crippen molar-refractivity contribution in [2.45, 2.75) is 36.6 Å². The SMILES string of the molecule is COCCNS(=O)(=O)c1cc(C(=O)O)ccc1NC1CCCC1. The first-order valence-corrected chi connectivity index (χ1v) is 9.05. The van der Waals surface area contributed by atoms with Gasteiger partial charge in [-0.1, -0.05) is 12.8 Å². The average molecular weight is 342 g/mol. The molecule has 2 rings (SSSR count). The second-order valence-corrected chi connectivity index (χ2v) is 7.27. The summed E-state index contributed by atoms with van der Waals surface area (Å²) in [6.45, 7) is 0.363. The van der Waals surface area contributed by atoms with E-state index in [1.165, 1.54) is 25.3 Å². The molecular weight excluding hydrogens is 320 g/mol. The maximum Gasteiger partial charge on any atom is 0.335 e. The number of methoxy groups -OCH3 is 1. The van der Waals surface area contributed by atoms with Crippen molar-refractivity contribution in [3.05, 3.63) is 23.8 Å². The molecule has 0 unspecified atom stereocenters. The molecule has 0 heterocycles. The van der Waals surface area contributed by atoms with Crippen LogP contribution in [0, 0.1) is 0 Å². The number of carboxylic acids is 1. The molecule has 0 radical (unpaired) electrons. The first kappa shape index (κ1) is 17.7. The summed E-state index contributed by atoms with van der Waals surface area (Å²) in [5.74, 6) is -1.16. The summed E-state index contributed by atoms with van der Waals surface area (Å²) in [7, 11) is -2.34. The maximum absolute atomic E-state index is 12.5. The molecule has 0 saturated heterocycles. The summed E-state index contributed by atoms with van der Waals surface area (Å²) < 4.78 is 32.2. The Labute approximate surface area is 136 Å². The molecule has 7 nitrogen and oxygen atoms in total. The molecule has 0 atom stereocenters. The van der Waals surface area contributed by atoms with Crippen LogP contribution in [0.5, 0.6) is 0 Å². The molecule has 23 heavy (non-hydrogen) atoms. The summed E-state index contributed by atoms with van der Waals surface area (Å²) in [5, 5.41) is 12.3. The Bertz CT molecular complexity index is 654. The first-order valence-electron chi connectivity index (χ1n) is 7.56. The monoisotopic (exact) mass is 342 g/mol. The fraction of sp³-hybridized carbons (Fsp3) is 0.533. The smallest absolute Gasteiger partial charge is 0.335 e. The van der Waals surface area contributed by atoms with Gasteiger partial charge in [-0.25, -0.2) is 17.9 Å². The third-order valence-corrected chi connectivity index (χ3v) is 5.33. The minimum Gasteiger partial charge on any atom is -0.478 e. The van der Waals surface area contributed by atoms with Crippen LogP contribution in [0.3, 0.4) is 0 Å². The number of nitrogens with one attached hydrogen (secondary N) is 2. The zero-order chi connectivity index (χ0) is 16.9. The zero-order valence-electron chi connectivity index (χ0n) is 13.0. The number of sulfonamides is 1. The molecule has 128 valence electrons. The molecule has 8 heteroatoms. The van der Waals surface area contributed by atoms with Gasteiger partial charge in [-0.05, 0) is 31.0 Å². The van der Waals surface area contributed by atoms with Crippen LogP contribution in [0.1, 0.15) is 36.0 Å². The Hall–Kier alpha value is -1.64. The van der Waals surface area contributed by atoms with E-state index in [4.69, 9.17) is 9.84 Å². The van der Waals surface area contributed by atoms with Gasteiger partial charge in [0.2, 0.25) is 10.0 Å². The van der Waals surface area contributed by atoms with Crippen molar-refractivity contribution in [1.82, 2.24) is 4.72 Å². The van der Waals surface area contributed by atoms with Crippen LogP contribution < -0.4 is 10.0 Å². The zero-order valence-corrected chi connectivity index (χ0v) is 13.9. The maximum atomic E-state index is 12.5. The van der Waals surface area contributed by atoms with Crippen LogP contribution in [0.25, 0.3) is 0 Å². The van der Waals surface area contributed by atoms with E-state index in [-0.39, 0.29) is 29.7 Å². The molecule has 1 aliphatic carbocycles. The van der Waals surface area contributed by atoms with Crippen LogP contribution in [0.2, 0.25) is 0 Å². The second-order valence-electron chi connectivity index (χ2n) is 5.53. The average Bonchev–Trinajstić information content (AvgIpc) is 3.00. The summed E-state index contributed by atoms with van der Waals surface area (Å²) in [6, 6.07) is 4.34. The Morgan fingerprint density at radius 3 is 2.65 bits per heavy atom. The van der Waals surface area contributed by atoms with Gasteiger partial charge in [0.15, 0.2) is 0 Å². The number of ether oxygens (including phenoxy) is 1. The van der Waals surface area contributed by atoms with E-state index in [2.05, 4.69) is 10.0 Å². The minimum absolute atomic E-state index is 0.0413. The van der Waals surface area contributed by atoms with Crippen molar-refractivity contribution in [3.63, 3.8) is 0 Å². The van der Waals surface area contributed by atoms with Crippen molar-refractivity contribution in [1.29, 1.82) is 0 Å². The topological polar surface area (TPSA) is 105 Å². The van der Waals surface area contributed by atoms with Gasteiger partial charge in [0.25, 0.3) is 0 Å². The number of carboxylic acid groups (broad SMARTS) is 1. The van der Waals surface area contributed by atoms with Gasteiger partial charge in [0, 0.05) is 19.7 Å². The normalized spacial score (nSPS) is 15.7. The van der Waals surface area contributed by atoms with Crippen molar-refractivity contribution in [2.75, 3.05) is 25.6 Å². The van der Waals surface area contributed by atoms with Gasteiger partial charge in [-0.2, -0.15) is 0 Å². The highest BCUT2D eigenvalue weighted by atomic mass is 32.2. The highest BCUT2D eigenvalue weighted by Gasteiger charge is 2.23. The number of hydrogen-bond acceptors (Lipinski definition) is 5. The molecule has 1 fully saturated rings. The molecule has 1 aliphatic rings. The summed E-state index contributed by atoms with van der Waals surface area (Å²) >= 11 is 0. The van der Waals surface area contributed by atoms with Gasteiger partial charge in [0.1, 0.15) is 4.90 Å². The molecular formula is C15H22N2O5S. The highest BCUT2D eigenvalue weighted by Crippen LogP contribution is 2.28. The van der Waals surface area contributed by atoms with E-state index in [0.717, 1.165) is 25.7 Å². The standard InChI is InChI=1S/C15H22N2O5S/c1-22-9-8-16-23(20,21)14-10-11(15(18)19)6-7-13(14)17-12-4-2-3-5-12/h6-7,10,12,16-17H,2-5,8-9H2,1H3,(H,18,19). The molecule has 0 aliphatic heterocycles. The van der Waals surface area contributed by atoms with Crippen LogP contribution >= 0.6 is 0 Å². The van der Waals surface area contributed by atoms with Crippen LogP contribution in [-0.2, 0) is 14.8 Å². The lowest BCUT2D eigenvalue weighted by molar-refractivity contribution is 0.0696. The van der Waals surface area contributed by atoms with Crippen molar-refractivity contribution < 1.29 is 23.1 Å².